The summed E-state index contributed by atoms with van der Waals surface area (Å²) in [6.07, 6.45) is 3.96. The molecule has 19 heavy (non-hydrogen) atoms. The van der Waals surface area contributed by atoms with Crippen molar-refractivity contribution in [3.8, 4) is 0 Å². The molecule has 2 N–H and O–H groups in total. The molecule has 1 aliphatic heterocycles. The Morgan fingerprint density at radius 3 is 2.84 bits per heavy atom. The molecule has 0 amide bonds. The smallest absolute Gasteiger partial charge is 0.250 e. The molecule has 1 saturated heterocycles. The molecule has 1 aromatic heterocycles. The first-order valence-corrected chi connectivity index (χ1v) is 7.02. The van der Waals surface area contributed by atoms with Crippen molar-refractivity contribution < 1.29 is 0 Å². The van der Waals surface area contributed by atoms with Crippen LogP contribution in [0.15, 0.2) is 23.1 Å². The van der Waals surface area contributed by atoms with E-state index in [1.807, 2.05) is 0 Å². The Hall–Kier alpha value is -1.33. The van der Waals surface area contributed by atoms with Crippen LogP contribution in [0.25, 0.3) is 0 Å². The second-order valence-corrected chi connectivity index (χ2v) is 5.35. The van der Waals surface area contributed by atoms with Crippen molar-refractivity contribution in [3.63, 3.8) is 0 Å². The number of likely N-dealkylation sites (N-methyl/N-ethyl adjacent to an activating group) is 1. The number of rotatable bonds is 4. The van der Waals surface area contributed by atoms with E-state index >= 15 is 0 Å². The molecule has 1 fully saturated rings. The molecule has 0 unspecified atom stereocenters. The molecule has 0 saturated carbocycles. The standard InChI is InChI=1S/C14H24N4O/c1-16-6-2-7-17(11-10-16)8-3-9-18-12-13(15)4-5-14(18)19/h4-5,12H,2-3,6-11,15H2,1H3. The van der Waals surface area contributed by atoms with Gasteiger partial charge in [-0.2, -0.15) is 0 Å². The summed E-state index contributed by atoms with van der Waals surface area (Å²) < 4.78 is 1.71. The van der Waals surface area contributed by atoms with Gasteiger partial charge in [-0.05, 0) is 45.6 Å². The first-order valence-electron chi connectivity index (χ1n) is 7.02. The van der Waals surface area contributed by atoms with Crippen molar-refractivity contribution in [3.05, 3.63) is 28.7 Å². The number of anilines is 1. The summed E-state index contributed by atoms with van der Waals surface area (Å²) in [6, 6.07) is 3.19. The third kappa shape index (κ3) is 4.36. The number of aryl methyl sites for hydroxylation is 1. The van der Waals surface area contributed by atoms with E-state index in [2.05, 4.69) is 16.8 Å². The van der Waals surface area contributed by atoms with Gasteiger partial charge in [-0.1, -0.05) is 0 Å². The molecule has 0 radical (unpaired) electrons. The van der Waals surface area contributed by atoms with Gasteiger partial charge in [0.2, 0.25) is 0 Å². The molecule has 1 aromatic rings. The molecule has 0 aromatic carbocycles. The lowest BCUT2D eigenvalue weighted by molar-refractivity contribution is 0.268. The van der Waals surface area contributed by atoms with Crippen LogP contribution in [0.2, 0.25) is 0 Å². The second kappa shape index (κ2) is 6.73. The first kappa shape index (κ1) is 14.1. The van der Waals surface area contributed by atoms with Crippen LogP contribution in [-0.2, 0) is 6.54 Å². The van der Waals surface area contributed by atoms with Crippen molar-refractivity contribution in [1.29, 1.82) is 0 Å². The minimum atomic E-state index is 0.0322. The first-order chi connectivity index (χ1) is 9.15. The van der Waals surface area contributed by atoms with Crippen LogP contribution < -0.4 is 11.3 Å². The van der Waals surface area contributed by atoms with Crippen LogP contribution in [0.1, 0.15) is 12.8 Å². The van der Waals surface area contributed by atoms with Crippen molar-refractivity contribution in [2.75, 3.05) is 45.5 Å². The highest BCUT2D eigenvalue weighted by Crippen LogP contribution is 2.03. The topological polar surface area (TPSA) is 54.5 Å². The maximum atomic E-state index is 11.6. The van der Waals surface area contributed by atoms with Gasteiger partial charge in [0.05, 0.1) is 0 Å². The largest absolute Gasteiger partial charge is 0.398 e. The minimum Gasteiger partial charge on any atom is -0.398 e. The van der Waals surface area contributed by atoms with Gasteiger partial charge in [-0.3, -0.25) is 4.79 Å². The van der Waals surface area contributed by atoms with E-state index in [1.165, 1.54) is 19.0 Å². The van der Waals surface area contributed by atoms with Crippen LogP contribution in [0.5, 0.6) is 0 Å². The zero-order chi connectivity index (χ0) is 13.7. The van der Waals surface area contributed by atoms with Gasteiger partial charge in [-0.25, -0.2) is 0 Å². The minimum absolute atomic E-state index is 0.0322. The highest BCUT2D eigenvalue weighted by molar-refractivity contribution is 5.33. The summed E-state index contributed by atoms with van der Waals surface area (Å²) in [7, 11) is 2.18. The average molecular weight is 264 g/mol. The highest BCUT2D eigenvalue weighted by atomic mass is 16.1. The van der Waals surface area contributed by atoms with E-state index < -0.39 is 0 Å². The van der Waals surface area contributed by atoms with E-state index in [0.29, 0.717) is 5.69 Å². The zero-order valence-corrected chi connectivity index (χ0v) is 11.7. The summed E-state index contributed by atoms with van der Waals surface area (Å²) in [5, 5.41) is 0. The summed E-state index contributed by atoms with van der Waals surface area (Å²) >= 11 is 0. The summed E-state index contributed by atoms with van der Waals surface area (Å²) in [5.74, 6) is 0. The van der Waals surface area contributed by atoms with Gasteiger partial charge in [0.15, 0.2) is 0 Å². The lowest BCUT2D eigenvalue weighted by Crippen LogP contribution is -2.31. The number of hydrogen-bond donors (Lipinski definition) is 1. The third-order valence-corrected chi connectivity index (χ3v) is 3.69. The number of aromatic nitrogens is 1. The number of nitrogen functional groups attached to an aromatic ring is 1. The van der Waals surface area contributed by atoms with Gasteiger partial charge >= 0.3 is 0 Å². The molecule has 0 aliphatic carbocycles. The van der Waals surface area contributed by atoms with Gasteiger partial charge in [0.1, 0.15) is 0 Å². The van der Waals surface area contributed by atoms with Crippen molar-refractivity contribution in [1.82, 2.24) is 14.4 Å². The molecule has 5 heteroatoms. The third-order valence-electron chi connectivity index (χ3n) is 3.69. The molecule has 1 aliphatic rings. The number of pyridine rings is 1. The Morgan fingerprint density at radius 2 is 2.00 bits per heavy atom. The Balaban J connectivity index is 1.79. The van der Waals surface area contributed by atoms with E-state index in [4.69, 9.17) is 5.73 Å². The molecule has 106 valence electrons. The van der Waals surface area contributed by atoms with Crippen LogP contribution in [0.3, 0.4) is 0 Å². The molecule has 0 bridgehead atoms. The van der Waals surface area contributed by atoms with Crippen LogP contribution in [-0.4, -0.2) is 54.1 Å². The average Bonchev–Trinajstić information content (AvgIpc) is 2.59. The van der Waals surface area contributed by atoms with Gasteiger partial charge in [-0.15, -0.1) is 0 Å². The van der Waals surface area contributed by atoms with E-state index in [0.717, 1.165) is 39.1 Å². The molecule has 5 nitrogen and oxygen atoms in total. The Labute approximate surface area is 114 Å². The molecule has 2 rings (SSSR count). The quantitative estimate of drug-likeness (QED) is 0.858. The fraction of sp³-hybridized carbons (Fsp3) is 0.643. The number of hydrogen-bond acceptors (Lipinski definition) is 4. The van der Waals surface area contributed by atoms with Gasteiger partial charge < -0.3 is 20.1 Å². The summed E-state index contributed by atoms with van der Waals surface area (Å²) in [6.45, 7) is 6.41. The Kier molecular flexibility index (Phi) is 4.99. The Bertz CT molecular complexity index is 457. The monoisotopic (exact) mass is 264 g/mol. The van der Waals surface area contributed by atoms with Crippen LogP contribution in [0.4, 0.5) is 5.69 Å². The van der Waals surface area contributed by atoms with Gasteiger partial charge in [0.25, 0.3) is 5.56 Å². The lowest BCUT2D eigenvalue weighted by Gasteiger charge is -2.20. The zero-order valence-electron chi connectivity index (χ0n) is 11.7. The molecule has 2 heterocycles. The van der Waals surface area contributed by atoms with E-state index in [1.54, 1.807) is 16.8 Å². The SMILES string of the molecule is CN1CCCN(CCCn2cc(N)ccc2=O)CC1. The van der Waals surface area contributed by atoms with Crippen LogP contribution >= 0.6 is 0 Å². The summed E-state index contributed by atoms with van der Waals surface area (Å²) in [5.41, 5.74) is 6.38. The maximum Gasteiger partial charge on any atom is 0.250 e. The van der Waals surface area contributed by atoms with E-state index in [-0.39, 0.29) is 5.56 Å². The predicted octanol–water partition coefficient (Wildman–Crippen LogP) is 0.458. The number of nitrogens with two attached hydrogens (primary N) is 1. The number of nitrogens with zero attached hydrogens (tertiary/aromatic N) is 3. The van der Waals surface area contributed by atoms with Crippen molar-refractivity contribution in [2.24, 2.45) is 0 Å². The fourth-order valence-corrected chi connectivity index (χ4v) is 2.51. The van der Waals surface area contributed by atoms with Crippen LogP contribution in [0, 0.1) is 0 Å². The van der Waals surface area contributed by atoms with E-state index in [9.17, 15) is 4.79 Å². The normalized spacial score (nSPS) is 18.4. The Morgan fingerprint density at radius 1 is 1.16 bits per heavy atom. The maximum absolute atomic E-state index is 11.6. The molecular formula is C14H24N4O. The second-order valence-electron chi connectivity index (χ2n) is 5.35. The van der Waals surface area contributed by atoms with Crippen molar-refractivity contribution in [2.45, 2.75) is 19.4 Å². The molecule has 0 spiro atoms. The fourth-order valence-electron chi connectivity index (χ4n) is 2.51. The lowest BCUT2D eigenvalue weighted by atomic mass is 10.3. The highest BCUT2D eigenvalue weighted by Gasteiger charge is 2.11. The molecule has 0 atom stereocenters. The summed E-state index contributed by atoms with van der Waals surface area (Å²) in [4.78, 5) is 16.5. The van der Waals surface area contributed by atoms with Gasteiger partial charge in [0, 0.05) is 37.6 Å². The predicted molar refractivity (Wildman–Crippen MR) is 78.3 cm³/mol. The van der Waals surface area contributed by atoms with Crippen molar-refractivity contribution >= 4 is 5.69 Å². The molecular weight excluding hydrogens is 240 g/mol.